The third-order valence-electron chi connectivity index (χ3n) is 9.21. The number of hydrogen-bond acceptors (Lipinski definition) is 4. The van der Waals surface area contributed by atoms with Crippen LogP contribution in [0, 0.1) is 0 Å². The lowest BCUT2D eigenvalue weighted by molar-refractivity contribution is 0.414. The summed E-state index contributed by atoms with van der Waals surface area (Å²) in [6.07, 6.45) is 0.793. The first kappa shape index (κ1) is 30.1. The van der Waals surface area contributed by atoms with Gasteiger partial charge in [0.25, 0.3) is 0 Å². The maximum Gasteiger partial charge on any atom is 0.310 e. The van der Waals surface area contributed by atoms with E-state index in [0.717, 1.165) is 44.9 Å². The van der Waals surface area contributed by atoms with Gasteiger partial charge in [-0.25, -0.2) is 0 Å². The Morgan fingerprint density at radius 1 is 0.562 bits per heavy atom. The molecule has 8 rings (SSSR count). The second kappa shape index (κ2) is 13.1. The molecule has 1 atom stereocenters. The largest absolute Gasteiger partial charge is 0.497 e. The zero-order valence-corrected chi connectivity index (χ0v) is 27.9. The van der Waals surface area contributed by atoms with Crippen LogP contribution in [0.5, 0.6) is 5.75 Å². The van der Waals surface area contributed by atoms with Crippen LogP contribution < -0.4 is 9.41 Å². The van der Waals surface area contributed by atoms with E-state index < -0.39 is 8.16 Å². The van der Waals surface area contributed by atoms with Crippen LogP contribution in [0.4, 0.5) is 0 Å². The first-order chi connectivity index (χ1) is 23.7. The van der Waals surface area contributed by atoms with Crippen molar-refractivity contribution in [3.8, 4) is 5.75 Å². The van der Waals surface area contributed by atoms with Crippen LogP contribution in [-0.2, 0) is 6.42 Å². The Hall–Kier alpha value is -5.28. The Morgan fingerprint density at radius 3 is 1.54 bits per heavy atom. The Labute approximate surface area is 281 Å². The molecule has 0 aliphatic heterocycles. The van der Waals surface area contributed by atoms with Crippen LogP contribution in [0.2, 0.25) is 0 Å². The van der Waals surface area contributed by atoms with E-state index in [1.54, 1.807) is 7.11 Å². The molecule has 7 aromatic carbocycles. The van der Waals surface area contributed by atoms with Crippen molar-refractivity contribution in [3.05, 3.63) is 174 Å². The molecule has 1 heterocycles. The van der Waals surface area contributed by atoms with Gasteiger partial charge in [-0.2, -0.15) is 4.67 Å². The van der Waals surface area contributed by atoms with Crippen molar-refractivity contribution in [2.24, 2.45) is 0 Å². The molecule has 0 aliphatic carbocycles. The quantitative estimate of drug-likeness (QED) is 0.165. The number of benzene rings is 7. The van der Waals surface area contributed by atoms with Gasteiger partial charge in [-0.05, 0) is 75.8 Å². The molecule has 0 spiro atoms. The topological polar surface area (TPSA) is 38.8 Å². The molecule has 236 valence electrons. The third-order valence-corrected chi connectivity index (χ3v) is 10.9. The Kier molecular flexibility index (Phi) is 8.20. The highest BCUT2D eigenvalue weighted by Crippen LogP contribution is 2.47. The standard InChI is InChI=1S/C43H36NO3P/c1-30(29-31-21-25-36(45-2)26-22-31)44(43(34-15-5-3-6-16-34)35-17-7-4-8-18-35)48-46-39-27-23-32-13-9-11-19-37(32)41(39)42-38-20-12-10-14-33(38)24-28-40(42)47-48/h3-28,30,43H,29H2,1-2H3. The molecular weight excluding hydrogens is 609 g/mol. The van der Waals surface area contributed by atoms with Crippen LogP contribution in [0.3, 0.4) is 0 Å². The van der Waals surface area contributed by atoms with Gasteiger partial charge in [0, 0.05) is 16.8 Å². The van der Waals surface area contributed by atoms with E-state index in [-0.39, 0.29) is 12.1 Å². The van der Waals surface area contributed by atoms with Crippen LogP contribution in [0.15, 0.2) is 166 Å². The second-order valence-corrected chi connectivity index (χ2v) is 13.5. The third kappa shape index (κ3) is 5.64. The van der Waals surface area contributed by atoms with Gasteiger partial charge in [0.2, 0.25) is 0 Å². The van der Waals surface area contributed by atoms with Gasteiger partial charge in [-0.3, -0.25) is 0 Å². The first-order valence-electron chi connectivity index (χ1n) is 16.4. The van der Waals surface area contributed by atoms with E-state index in [0.29, 0.717) is 0 Å². The Bertz CT molecular complexity index is 2250. The van der Waals surface area contributed by atoms with E-state index in [9.17, 15) is 0 Å². The summed E-state index contributed by atoms with van der Waals surface area (Å²) in [6, 6.07) is 55.4. The van der Waals surface area contributed by atoms with Gasteiger partial charge < -0.3 is 13.1 Å². The Morgan fingerprint density at radius 2 is 1.04 bits per heavy atom. The minimum atomic E-state index is -1.67. The van der Waals surface area contributed by atoms with Crippen molar-refractivity contribution in [1.29, 1.82) is 0 Å². The average Bonchev–Trinajstić information content (AvgIpc) is 3.32. The molecule has 0 radical (unpaired) electrons. The monoisotopic (exact) mass is 645 g/mol. The van der Waals surface area contributed by atoms with Crippen molar-refractivity contribution < 1.29 is 13.1 Å². The highest BCUT2D eigenvalue weighted by atomic mass is 31.1. The lowest BCUT2D eigenvalue weighted by Crippen LogP contribution is -2.36. The normalized spacial score (nSPS) is 12.3. The number of ether oxygens (including phenoxy) is 1. The predicted octanol–water partition coefficient (Wildman–Crippen LogP) is 12.0. The summed E-state index contributed by atoms with van der Waals surface area (Å²) < 4.78 is 22.4. The summed E-state index contributed by atoms with van der Waals surface area (Å²) in [6.45, 7) is 2.28. The van der Waals surface area contributed by atoms with Crippen molar-refractivity contribution in [2.45, 2.75) is 25.4 Å². The summed E-state index contributed by atoms with van der Waals surface area (Å²) in [4.78, 5) is 0. The smallest absolute Gasteiger partial charge is 0.310 e. The van der Waals surface area contributed by atoms with Crippen molar-refractivity contribution >= 4 is 51.6 Å². The highest BCUT2D eigenvalue weighted by Gasteiger charge is 2.32. The molecule has 0 aliphatic rings. The Balaban J connectivity index is 1.44. The number of methoxy groups -OCH3 is 1. The van der Waals surface area contributed by atoms with E-state index in [2.05, 4.69) is 157 Å². The van der Waals surface area contributed by atoms with Crippen molar-refractivity contribution in [2.75, 3.05) is 11.8 Å². The molecule has 0 saturated heterocycles. The van der Waals surface area contributed by atoms with E-state index in [4.69, 9.17) is 13.1 Å². The SMILES string of the molecule is COc1ccc(CC(C)N(C(c2ccccc2)c2ccccc2)p2oc3ccc4ccccc4c3c3c(ccc4ccccc43)o2)cc1. The van der Waals surface area contributed by atoms with Gasteiger partial charge in [-0.15, -0.1) is 0 Å². The molecule has 0 bridgehead atoms. The molecule has 0 fully saturated rings. The summed E-state index contributed by atoms with van der Waals surface area (Å²) in [5.74, 6) is 0.849. The van der Waals surface area contributed by atoms with Crippen LogP contribution in [0.25, 0.3) is 43.5 Å². The molecule has 5 heteroatoms. The molecule has 0 saturated carbocycles. The fourth-order valence-corrected chi connectivity index (χ4v) is 8.65. The minimum absolute atomic E-state index is 0.0285. The molecule has 4 nitrogen and oxygen atoms in total. The number of nitrogens with zero attached hydrogens (tertiary/aromatic N) is 1. The molecule has 48 heavy (non-hydrogen) atoms. The number of rotatable bonds is 8. The van der Waals surface area contributed by atoms with Gasteiger partial charge in [-0.1, -0.05) is 133 Å². The van der Waals surface area contributed by atoms with Crippen LogP contribution in [-0.4, -0.2) is 13.2 Å². The predicted molar refractivity (Wildman–Crippen MR) is 200 cm³/mol. The van der Waals surface area contributed by atoms with Crippen LogP contribution in [0.1, 0.15) is 29.7 Å². The molecule has 1 unspecified atom stereocenters. The van der Waals surface area contributed by atoms with Gasteiger partial charge in [0.1, 0.15) is 16.9 Å². The molecular formula is C43H36NO3P. The van der Waals surface area contributed by atoms with Gasteiger partial charge in [0.15, 0.2) is 0 Å². The van der Waals surface area contributed by atoms with E-state index in [1.807, 2.05) is 12.1 Å². The maximum absolute atomic E-state index is 7.23. The first-order valence-corrected chi connectivity index (χ1v) is 17.5. The van der Waals surface area contributed by atoms with Crippen molar-refractivity contribution in [3.63, 3.8) is 0 Å². The fourth-order valence-electron chi connectivity index (χ4n) is 6.93. The van der Waals surface area contributed by atoms with E-state index in [1.165, 1.54) is 27.5 Å². The summed E-state index contributed by atoms with van der Waals surface area (Å²) in [7, 11) is 0.0349. The molecule has 0 N–H and O–H groups in total. The summed E-state index contributed by atoms with van der Waals surface area (Å²) in [5.41, 5.74) is 5.24. The second-order valence-electron chi connectivity index (χ2n) is 12.2. The molecule has 8 aromatic rings. The maximum atomic E-state index is 7.23. The van der Waals surface area contributed by atoms with Gasteiger partial charge >= 0.3 is 8.16 Å². The lowest BCUT2D eigenvalue weighted by atomic mass is 9.96. The summed E-state index contributed by atoms with van der Waals surface area (Å²) >= 11 is 0. The minimum Gasteiger partial charge on any atom is -0.497 e. The van der Waals surface area contributed by atoms with E-state index >= 15 is 0 Å². The average molecular weight is 646 g/mol. The fraction of sp³-hybridized carbons (Fsp3) is 0.116. The van der Waals surface area contributed by atoms with Crippen molar-refractivity contribution in [1.82, 2.24) is 0 Å². The highest BCUT2D eigenvalue weighted by molar-refractivity contribution is 7.39. The van der Waals surface area contributed by atoms with Gasteiger partial charge in [0.05, 0.1) is 13.2 Å². The van der Waals surface area contributed by atoms with Crippen LogP contribution >= 0.6 is 8.16 Å². The number of fused-ring (bicyclic) bond motifs is 7. The molecule has 1 aromatic heterocycles. The molecule has 0 amide bonds. The number of hydrogen-bond donors (Lipinski definition) is 0. The lowest BCUT2D eigenvalue weighted by Gasteiger charge is -2.34. The zero-order valence-electron chi connectivity index (χ0n) is 27.0. The zero-order chi connectivity index (χ0) is 32.5. The summed E-state index contributed by atoms with van der Waals surface area (Å²) in [5, 5.41) is 6.77.